The van der Waals surface area contributed by atoms with Crippen LogP contribution in [0.15, 0.2) is 12.1 Å². The minimum Gasteiger partial charge on any atom is -0.374 e. The molecule has 0 N–H and O–H groups in total. The number of pyridine rings is 1. The summed E-state index contributed by atoms with van der Waals surface area (Å²) in [5.41, 5.74) is 3.64. The van der Waals surface area contributed by atoms with Crippen LogP contribution in [0.2, 0.25) is 0 Å². The number of aromatic nitrogens is 1. The number of nitrogens with zero attached hydrogens (tertiary/aromatic N) is 2. The van der Waals surface area contributed by atoms with Crippen molar-refractivity contribution in [2.45, 2.75) is 45.3 Å². The summed E-state index contributed by atoms with van der Waals surface area (Å²) in [7, 11) is 4.16. The van der Waals surface area contributed by atoms with Gasteiger partial charge in [-0.3, -0.25) is 4.98 Å². The number of hydrogen-bond acceptors (Lipinski definition) is 3. The smallest absolute Gasteiger partial charge is 0.0827 e. The second kappa shape index (κ2) is 5.81. The van der Waals surface area contributed by atoms with Gasteiger partial charge in [0, 0.05) is 18.8 Å². The molecule has 1 fully saturated rings. The minimum atomic E-state index is 0.284. The highest BCUT2D eigenvalue weighted by Gasteiger charge is 2.19. The first-order chi connectivity index (χ1) is 8.56. The van der Waals surface area contributed by atoms with Crippen LogP contribution in [0, 0.1) is 0 Å². The highest BCUT2D eigenvalue weighted by molar-refractivity contribution is 5.26. The lowest BCUT2D eigenvalue weighted by Crippen LogP contribution is -2.14. The maximum absolute atomic E-state index is 5.79. The van der Waals surface area contributed by atoms with E-state index in [4.69, 9.17) is 9.72 Å². The number of hydrogen-bond donors (Lipinski definition) is 0. The van der Waals surface area contributed by atoms with Gasteiger partial charge in [0.15, 0.2) is 0 Å². The molecule has 2 heterocycles. The van der Waals surface area contributed by atoms with Crippen molar-refractivity contribution >= 4 is 0 Å². The molecular weight excluding hydrogens is 224 g/mol. The Labute approximate surface area is 110 Å². The van der Waals surface area contributed by atoms with Crippen LogP contribution in [0.5, 0.6) is 0 Å². The molecule has 0 saturated carbocycles. The van der Waals surface area contributed by atoms with Gasteiger partial charge < -0.3 is 9.64 Å². The van der Waals surface area contributed by atoms with Crippen molar-refractivity contribution < 1.29 is 4.74 Å². The van der Waals surface area contributed by atoms with E-state index in [0.29, 0.717) is 5.92 Å². The Morgan fingerprint density at radius 1 is 1.39 bits per heavy atom. The number of rotatable bonds is 4. The van der Waals surface area contributed by atoms with Crippen LogP contribution >= 0.6 is 0 Å². The lowest BCUT2D eigenvalue weighted by molar-refractivity contribution is 0.111. The molecule has 100 valence electrons. The van der Waals surface area contributed by atoms with E-state index < -0.39 is 0 Å². The molecule has 0 amide bonds. The van der Waals surface area contributed by atoms with Gasteiger partial charge in [0.2, 0.25) is 0 Å². The molecule has 0 aromatic carbocycles. The molecule has 3 heteroatoms. The molecule has 1 saturated heterocycles. The second-order valence-electron chi connectivity index (χ2n) is 5.71. The summed E-state index contributed by atoms with van der Waals surface area (Å²) in [5.74, 6) is 0.465. The van der Waals surface area contributed by atoms with E-state index in [0.717, 1.165) is 25.3 Å². The third kappa shape index (κ3) is 3.30. The van der Waals surface area contributed by atoms with Crippen molar-refractivity contribution in [2.75, 3.05) is 20.7 Å². The molecule has 18 heavy (non-hydrogen) atoms. The Balaban J connectivity index is 2.29. The summed E-state index contributed by atoms with van der Waals surface area (Å²) in [5, 5.41) is 0. The van der Waals surface area contributed by atoms with E-state index >= 15 is 0 Å². The molecule has 1 aliphatic heterocycles. The molecule has 1 aromatic rings. The van der Waals surface area contributed by atoms with E-state index in [-0.39, 0.29) is 6.10 Å². The van der Waals surface area contributed by atoms with Crippen molar-refractivity contribution in [3.05, 3.63) is 29.1 Å². The lowest BCUT2D eigenvalue weighted by atomic mass is 10.0. The maximum Gasteiger partial charge on any atom is 0.0827 e. The van der Waals surface area contributed by atoms with Crippen molar-refractivity contribution in [3.63, 3.8) is 0 Å². The lowest BCUT2D eigenvalue weighted by Gasteiger charge is -2.17. The van der Waals surface area contributed by atoms with Gasteiger partial charge in [-0.15, -0.1) is 0 Å². The zero-order valence-corrected chi connectivity index (χ0v) is 11.9. The summed E-state index contributed by atoms with van der Waals surface area (Å²) in [4.78, 5) is 6.91. The predicted molar refractivity (Wildman–Crippen MR) is 73.6 cm³/mol. The fourth-order valence-corrected chi connectivity index (χ4v) is 2.36. The van der Waals surface area contributed by atoms with E-state index in [1.165, 1.54) is 17.7 Å². The molecule has 1 aliphatic rings. The fraction of sp³-hybridized carbons (Fsp3) is 0.667. The van der Waals surface area contributed by atoms with Crippen LogP contribution in [0.3, 0.4) is 0 Å². The summed E-state index contributed by atoms with van der Waals surface area (Å²) < 4.78 is 5.79. The zero-order valence-electron chi connectivity index (χ0n) is 11.9. The first-order valence-corrected chi connectivity index (χ1v) is 6.83. The predicted octanol–water partition coefficient (Wildman–Crippen LogP) is 3.12. The highest BCUT2D eigenvalue weighted by Crippen LogP contribution is 2.30. The Morgan fingerprint density at radius 3 is 2.72 bits per heavy atom. The molecule has 0 bridgehead atoms. The minimum absolute atomic E-state index is 0.284. The summed E-state index contributed by atoms with van der Waals surface area (Å²) in [6.07, 6.45) is 2.60. The summed E-state index contributed by atoms with van der Waals surface area (Å²) >= 11 is 0. The Morgan fingerprint density at radius 2 is 2.17 bits per heavy atom. The van der Waals surface area contributed by atoms with Crippen molar-refractivity contribution in [1.82, 2.24) is 9.88 Å². The van der Waals surface area contributed by atoms with Gasteiger partial charge >= 0.3 is 0 Å². The van der Waals surface area contributed by atoms with Crippen LogP contribution in [0.4, 0.5) is 0 Å². The van der Waals surface area contributed by atoms with Gasteiger partial charge in [-0.1, -0.05) is 13.8 Å². The molecule has 1 atom stereocenters. The first-order valence-electron chi connectivity index (χ1n) is 6.83. The number of ether oxygens (including phenoxy) is 1. The van der Waals surface area contributed by atoms with Crippen LogP contribution in [-0.4, -0.2) is 30.6 Å². The van der Waals surface area contributed by atoms with Gasteiger partial charge in [-0.05, 0) is 50.6 Å². The van der Waals surface area contributed by atoms with Gasteiger partial charge in [0.25, 0.3) is 0 Å². The van der Waals surface area contributed by atoms with Crippen LogP contribution in [-0.2, 0) is 11.3 Å². The average Bonchev–Trinajstić information content (AvgIpc) is 2.80. The Kier molecular flexibility index (Phi) is 4.36. The van der Waals surface area contributed by atoms with Crippen LogP contribution in [0.1, 0.15) is 55.7 Å². The molecule has 0 aliphatic carbocycles. The summed E-state index contributed by atoms with van der Waals surface area (Å²) in [6, 6.07) is 4.43. The second-order valence-corrected chi connectivity index (χ2v) is 5.71. The molecule has 0 radical (unpaired) electrons. The van der Waals surface area contributed by atoms with Gasteiger partial charge in [0.1, 0.15) is 0 Å². The largest absolute Gasteiger partial charge is 0.374 e. The molecule has 3 nitrogen and oxygen atoms in total. The highest BCUT2D eigenvalue weighted by atomic mass is 16.5. The van der Waals surface area contributed by atoms with Gasteiger partial charge in [0.05, 0.1) is 11.8 Å². The van der Waals surface area contributed by atoms with Crippen molar-refractivity contribution in [1.29, 1.82) is 0 Å². The van der Waals surface area contributed by atoms with E-state index in [9.17, 15) is 0 Å². The molecule has 0 spiro atoms. The third-order valence-corrected chi connectivity index (χ3v) is 3.29. The molecule has 0 unspecified atom stereocenters. The maximum atomic E-state index is 5.79. The quantitative estimate of drug-likeness (QED) is 0.818. The standard InChI is InChI=1S/C15H24N2O/c1-11(2)14-9-12(15-6-5-7-18-15)8-13(16-14)10-17(3)4/h8-9,11,15H,5-7,10H2,1-4H3/t15-/m0/s1. The molecule has 1 aromatic heterocycles. The van der Waals surface area contributed by atoms with E-state index in [1.54, 1.807) is 0 Å². The SMILES string of the molecule is CC(C)c1cc([C@@H]2CCCO2)cc(CN(C)C)n1. The monoisotopic (exact) mass is 248 g/mol. The first kappa shape index (κ1) is 13.5. The van der Waals surface area contributed by atoms with Crippen LogP contribution in [0.25, 0.3) is 0 Å². The van der Waals surface area contributed by atoms with Gasteiger partial charge in [-0.25, -0.2) is 0 Å². The third-order valence-electron chi connectivity index (χ3n) is 3.29. The Bertz CT molecular complexity index is 395. The van der Waals surface area contributed by atoms with Crippen molar-refractivity contribution in [3.8, 4) is 0 Å². The average molecular weight is 248 g/mol. The van der Waals surface area contributed by atoms with E-state index in [1.807, 2.05) is 0 Å². The van der Waals surface area contributed by atoms with E-state index in [2.05, 4.69) is 45.0 Å². The fourth-order valence-electron chi connectivity index (χ4n) is 2.36. The van der Waals surface area contributed by atoms with Crippen molar-refractivity contribution in [2.24, 2.45) is 0 Å². The summed E-state index contributed by atoms with van der Waals surface area (Å²) in [6.45, 7) is 6.18. The Hall–Kier alpha value is -0.930. The molecular formula is C15H24N2O. The normalized spacial score (nSPS) is 20.0. The van der Waals surface area contributed by atoms with Gasteiger partial charge in [-0.2, -0.15) is 0 Å². The topological polar surface area (TPSA) is 25.4 Å². The molecule has 2 rings (SSSR count). The zero-order chi connectivity index (χ0) is 13.1. The van der Waals surface area contributed by atoms with Crippen LogP contribution < -0.4 is 0 Å².